The Morgan fingerprint density at radius 1 is 1.46 bits per heavy atom. The third kappa shape index (κ3) is 3.64. The standard InChI is InChI=1S/C18H21IN2O3/c1-2-24-18(23)15-11-21(10-12-4-3-7-20-9-12)16-6-5-13(19)8-14(16)17(15)22/h5-6,8,11-12,20H,2-4,7,9-10H2,1H3. The molecule has 0 aliphatic carbocycles. The van der Waals surface area contributed by atoms with Gasteiger partial charge < -0.3 is 14.6 Å². The summed E-state index contributed by atoms with van der Waals surface area (Å²) in [4.78, 5) is 24.9. The van der Waals surface area contributed by atoms with E-state index in [4.69, 9.17) is 4.74 Å². The molecule has 24 heavy (non-hydrogen) atoms. The summed E-state index contributed by atoms with van der Waals surface area (Å²) in [6, 6.07) is 5.79. The molecule has 0 amide bonds. The maximum atomic E-state index is 12.7. The molecule has 5 nitrogen and oxygen atoms in total. The molecule has 1 fully saturated rings. The van der Waals surface area contributed by atoms with Crippen LogP contribution in [-0.2, 0) is 11.3 Å². The SMILES string of the molecule is CCOC(=O)c1cn(CC2CCCNC2)c2ccc(I)cc2c1=O. The smallest absolute Gasteiger partial charge is 0.343 e. The molecular formula is C18H21IN2O3. The number of esters is 1. The summed E-state index contributed by atoms with van der Waals surface area (Å²) >= 11 is 2.18. The van der Waals surface area contributed by atoms with Crippen LogP contribution in [0.4, 0.5) is 0 Å². The number of carbonyl (C=O) groups excluding carboxylic acids is 1. The lowest BCUT2D eigenvalue weighted by Crippen LogP contribution is -2.33. The Morgan fingerprint density at radius 3 is 3.00 bits per heavy atom. The van der Waals surface area contributed by atoms with Gasteiger partial charge in [0.05, 0.1) is 12.1 Å². The van der Waals surface area contributed by atoms with Crippen molar-refractivity contribution in [2.45, 2.75) is 26.3 Å². The van der Waals surface area contributed by atoms with E-state index in [-0.39, 0.29) is 17.6 Å². The quantitative estimate of drug-likeness (QED) is 0.587. The topological polar surface area (TPSA) is 60.3 Å². The number of ether oxygens (including phenoxy) is 1. The van der Waals surface area contributed by atoms with E-state index < -0.39 is 5.97 Å². The first-order valence-electron chi connectivity index (χ1n) is 8.30. The van der Waals surface area contributed by atoms with Gasteiger partial charge in [0.25, 0.3) is 0 Å². The average Bonchev–Trinajstić information content (AvgIpc) is 2.58. The number of nitrogens with zero attached hydrogens (tertiary/aromatic N) is 1. The lowest BCUT2D eigenvalue weighted by Gasteiger charge is -2.25. The van der Waals surface area contributed by atoms with Gasteiger partial charge in [-0.2, -0.15) is 0 Å². The minimum atomic E-state index is -0.543. The highest BCUT2D eigenvalue weighted by molar-refractivity contribution is 14.1. The number of hydrogen-bond donors (Lipinski definition) is 1. The van der Waals surface area contributed by atoms with Crippen LogP contribution in [0.15, 0.2) is 29.2 Å². The molecule has 1 N–H and O–H groups in total. The third-order valence-corrected chi connectivity index (χ3v) is 5.06. The summed E-state index contributed by atoms with van der Waals surface area (Å²) in [5.41, 5.74) is 0.745. The number of piperidine rings is 1. The van der Waals surface area contributed by atoms with E-state index in [1.165, 1.54) is 0 Å². The molecule has 2 heterocycles. The van der Waals surface area contributed by atoms with Crippen LogP contribution >= 0.6 is 22.6 Å². The monoisotopic (exact) mass is 440 g/mol. The van der Waals surface area contributed by atoms with E-state index in [1.54, 1.807) is 13.1 Å². The Bertz CT molecular complexity index is 810. The molecule has 6 heteroatoms. The second-order valence-electron chi connectivity index (χ2n) is 6.12. The van der Waals surface area contributed by atoms with Gasteiger partial charge in [0.1, 0.15) is 5.56 Å². The number of rotatable bonds is 4. The van der Waals surface area contributed by atoms with Crippen LogP contribution in [0.25, 0.3) is 10.9 Å². The fraction of sp³-hybridized carbons (Fsp3) is 0.444. The second-order valence-corrected chi connectivity index (χ2v) is 7.36. The number of carbonyl (C=O) groups is 1. The van der Waals surface area contributed by atoms with E-state index >= 15 is 0 Å². The van der Waals surface area contributed by atoms with Crippen LogP contribution in [0.1, 0.15) is 30.1 Å². The molecule has 0 spiro atoms. The number of aromatic nitrogens is 1. The van der Waals surface area contributed by atoms with E-state index in [2.05, 4.69) is 27.9 Å². The number of hydrogen-bond acceptors (Lipinski definition) is 4. The predicted molar refractivity (Wildman–Crippen MR) is 102 cm³/mol. The molecule has 0 bridgehead atoms. The molecule has 1 aromatic heterocycles. The number of fused-ring (bicyclic) bond motifs is 1. The number of nitrogens with one attached hydrogen (secondary N) is 1. The summed E-state index contributed by atoms with van der Waals surface area (Å²) < 4.78 is 8.08. The molecule has 1 aliphatic heterocycles. The first kappa shape index (κ1) is 17.4. The highest BCUT2D eigenvalue weighted by Crippen LogP contribution is 2.20. The lowest BCUT2D eigenvalue weighted by molar-refractivity contribution is 0.0524. The molecule has 1 aliphatic rings. The molecule has 0 saturated carbocycles. The van der Waals surface area contributed by atoms with Crippen LogP contribution in [0.3, 0.4) is 0 Å². The van der Waals surface area contributed by atoms with Crippen molar-refractivity contribution in [2.24, 2.45) is 5.92 Å². The van der Waals surface area contributed by atoms with E-state index in [9.17, 15) is 9.59 Å². The molecule has 1 aromatic carbocycles. The first-order chi connectivity index (χ1) is 11.6. The molecular weight excluding hydrogens is 419 g/mol. The minimum absolute atomic E-state index is 0.120. The fourth-order valence-electron chi connectivity index (χ4n) is 3.23. The first-order valence-corrected chi connectivity index (χ1v) is 9.38. The van der Waals surface area contributed by atoms with Crippen molar-refractivity contribution in [3.8, 4) is 0 Å². The predicted octanol–water partition coefficient (Wildman–Crippen LogP) is 2.78. The zero-order valence-corrected chi connectivity index (χ0v) is 15.8. The van der Waals surface area contributed by atoms with Gasteiger partial charge in [-0.05, 0) is 79.6 Å². The minimum Gasteiger partial charge on any atom is -0.462 e. The Labute approximate surface area is 154 Å². The van der Waals surface area contributed by atoms with Gasteiger partial charge in [-0.3, -0.25) is 4.79 Å². The van der Waals surface area contributed by atoms with Gasteiger partial charge in [-0.25, -0.2) is 4.79 Å². The largest absolute Gasteiger partial charge is 0.462 e. The van der Waals surface area contributed by atoms with Crippen LogP contribution in [0, 0.1) is 9.49 Å². The average molecular weight is 440 g/mol. The molecule has 1 atom stereocenters. The van der Waals surface area contributed by atoms with Crippen molar-refractivity contribution in [1.29, 1.82) is 0 Å². The van der Waals surface area contributed by atoms with Crippen LogP contribution < -0.4 is 10.7 Å². The Morgan fingerprint density at radius 2 is 2.29 bits per heavy atom. The Balaban J connectivity index is 2.09. The van der Waals surface area contributed by atoms with Gasteiger partial charge in [-0.1, -0.05) is 0 Å². The number of benzene rings is 1. The van der Waals surface area contributed by atoms with Crippen LogP contribution in [0.2, 0.25) is 0 Å². The van der Waals surface area contributed by atoms with Gasteiger partial charge in [-0.15, -0.1) is 0 Å². The van der Waals surface area contributed by atoms with Gasteiger partial charge in [0, 0.05) is 21.7 Å². The lowest BCUT2D eigenvalue weighted by atomic mass is 9.99. The second kappa shape index (κ2) is 7.65. The van der Waals surface area contributed by atoms with Crippen molar-refractivity contribution < 1.29 is 9.53 Å². The van der Waals surface area contributed by atoms with Gasteiger partial charge in [0.15, 0.2) is 0 Å². The van der Waals surface area contributed by atoms with Crippen molar-refractivity contribution in [2.75, 3.05) is 19.7 Å². The highest BCUT2D eigenvalue weighted by Gasteiger charge is 2.19. The molecule has 0 radical (unpaired) electrons. The maximum absolute atomic E-state index is 12.7. The van der Waals surface area contributed by atoms with Crippen LogP contribution in [-0.4, -0.2) is 30.2 Å². The Kier molecular flexibility index (Phi) is 5.55. The normalized spacial score (nSPS) is 17.8. The Hall–Kier alpha value is -1.41. The summed E-state index contributed by atoms with van der Waals surface area (Å²) in [6.07, 6.45) is 3.98. The fourth-order valence-corrected chi connectivity index (χ4v) is 3.72. The van der Waals surface area contributed by atoms with Gasteiger partial charge >= 0.3 is 5.97 Å². The third-order valence-electron chi connectivity index (χ3n) is 4.39. The highest BCUT2D eigenvalue weighted by atomic mass is 127. The van der Waals surface area contributed by atoms with Crippen molar-refractivity contribution >= 4 is 39.5 Å². The van der Waals surface area contributed by atoms with E-state index in [0.717, 1.165) is 41.6 Å². The zero-order valence-electron chi connectivity index (χ0n) is 13.7. The summed E-state index contributed by atoms with van der Waals surface area (Å²) in [5.74, 6) is -0.0439. The summed E-state index contributed by atoms with van der Waals surface area (Å²) in [6.45, 7) is 4.82. The van der Waals surface area contributed by atoms with Gasteiger partial charge in [0.2, 0.25) is 5.43 Å². The molecule has 128 valence electrons. The summed E-state index contributed by atoms with van der Waals surface area (Å²) in [5, 5.41) is 3.99. The number of pyridine rings is 1. The molecule has 1 unspecified atom stereocenters. The zero-order chi connectivity index (χ0) is 17.1. The van der Waals surface area contributed by atoms with Crippen LogP contribution in [0.5, 0.6) is 0 Å². The maximum Gasteiger partial charge on any atom is 0.343 e. The molecule has 3 rings (SSSR count). The number of halogens is 1. The van der Waals surface area contributed by atoms with Crippen molar-refractivity contribution in [1.82, 2.24) is 9.88 Å². The van der Waals surface area contributed by atoms with Crippen molar-refractivity contribution in [3.05, 3.63) is 43.8 Å². The molecule has 1 saturated heterocycles. The summed E-state index contributed by atoms with van der Waals surface area (Å²) in [7, 11) is 0. The van der Waals surface area contributed by atoms with E-state index in [1.807, 2.05) is 22.8 Å². The molecule has 2 aromatic rings. The van der Waals surface area contributed by atoms with Crippen molar-refractivity contribution in [3.63, 3.8) is 0 Å². The van der Waals surface area contributed by atoms with E-state index in [0.29, 0.717) is 11.3 Å².